The van der Waals surface area contributed by atoms with Crippen molar-refractivity contribution in [2.24, 2.45) is 0 Å². The lowest BCUT2D eigenvalue weighted by molar-refractivity contribution is -0.145. The smallest absolute Gasteiger partial charge is 0.344 e. The number of aliphatic carboxylic acids is 1. The fourth-order valence-corrected chi connectivity index (χ4v) is 2.90. The summed E-state index contributed by atoms with van der Waals surface area (Å²) in [7, 11) is 0. The molecule has 3 aromatic rings. The number of unbranched alkanes of at least 4 members (excludes halogenated alkanes) is 2. The van der Waals surface area contributed by atoms with E-state index in [1.807, 2.05) is 42.5 Å². The fraction of sp³-hybridized carbons (Fsp3) is 0.286. The fourth-order valence-electron chi connectivity index (χ4n) is 2.90. The molecule has 1 aromatic heterocycles. The number of carboxylic acids is 1. The van der Waals surface area contributed by atoms with Gasteiger partial charge in [0.05, 0.1) is 6.26 Å². The Kier molecular flexibility index (Phi) is 5.39. The summed E-state index contributed by atoms with van der Waals surface area (Å²) in [6.45, 7) is 2.09. The summed E-state index contributed by atoms with van der Waals surface area (Å²) in [4.78, 5) is 11.4. The highest BCUT2D eigenvalue weighted by Gasteiger charge is 2.19. The van der Waals surface area contributed by atoms with E-state index < -0.39 is 12.1 Å². The lowest BCUT2D eigenvalue weighted by Gasteiger charge is -2.15. The van der Waals surface area contributed by atoms with Crippen LogP contribution >= 0.6 is 0 Å². The third kappa shape index (κ3) is 4.02. The van der Waals surface area contributed by atoms with Gasteiger partial charge in [-0.2, -0.15) is 0 Å². The van der Waals surface area contributed by atoms with E-state index in [2.05, 4.69) is 6.92 Å². The summed E-state index contributed by atoms with van der Waals surface area (Å²) in [6, 6.07) is 15.3. The van der Waals surface area contributed by atoms with Gasteiger partial charge in [-0.15, -0.1) is 0 Å². The van der Waals surface area contributed by atoms with Crippen LogP contribution in [-0.2, 0) is 4.79 Å². The molecule has 1 heterocycles. The first-order valence-electron chi connectivity index (χ1n) is 8.65. The van der Waals surface area contributed by atoms with E-state index in [4.69, 9.17) is 9.15 Å². The highest BCUT2D eigenvalue weighted by atomic mass is 16.5. The van der Waals surface area contributed by atoms with Gasteiger partial charge in [-0.1, -0.05) is 56.2 Å². The number of ether oxygens (including phenoxy) is 1. The normalized spacial score (nSPS) is 12.2. The molecule has 3 rings (SSSR count). The van der Waals surface area contributed by atoms with Gasteiger partial charge in [0, 0.05) is 16.3 Å². The molecule has 0 spiro atoms. The first-order valence-corrected chi connectivity index (χ1v) is 8.65. The number of fused-ring (bicyclic) bond motifs is 1. The van der Waals surface area contributed by atoms with E-state index in [-0.39, 0.29) is 0 Å². The van der Waals surface area contributed by atoms with Crippen LogP contribution in [0.3, 0.4) is 0 Å². The summed E-state index contributed by atoms with van der Waals surface area (Å²) in [5, 5.41) is 11.4. The van der Waals surface area contributed by atoms with Crippen molar-refractivity contribution in [2.75, 3.05) is 0 Å². The summed E-state index contributed by atoms with van der Waals surface area (Å²) in [6.07, 6.45) is 4.31. The number of hydrogen-bond acceptors (Lipinski definition) is 3. The molecule has 0 aliphatic carbocycles. The highest BCUT2D eigenvalue weighted by molar-refractivity contribution is 5.94. The SMILES string of the molecule is CCCCCC(Oc1cccc(-c2occ3ccccc23)c1)C(=O)O. The third-order valence-electron chi connectivity index (χ3n) is 4.23. The van der Waals surface area contributed by atoms with Crippen LogP contribution in [-0.4, -0.2) is 17.2 Å². The van der Waals surface area contributed by atoms with E-state index in [0.717, 1.165) is 41.4 Å². The maximum absolute atomic E-state index is 11.4. The molecule has 25 heavy (non-hydrogen) atoms. The Morgan fingerprint density at radius 2 is 2.00 bits per heavy atom. The quantitative estimate of drug-likeness (QED) is 0.550. The second-order valence-corrected chi connectivity index (χ2v) is 6.12. The minimum Gasteiger partial charge on any atom is -0.479 e. The zero-order valence-corrected chi connectivity index (χ0v) is 14.3. The van der Waals surface area contributed by atoms with Crippen molar-refractivity contribution >= 4 is 16.7 Å². The molecule has 4 heteroatoms. The zero-order chi connectivity index (χ0) is 17.6. The molecule has 0 aliphatic rings. The molecule has 130 valence electrons. The highest BCUT2D eigenvalue weighted by Crippen LogP contribution is 2.32. The third-order valence-corrected chi connectivity index (χ3v) is 4.23. The van der Waals surface area contributed by atoms with Crippen molar-refractivity contribution in [2.45, 2.75) is 38.7 Å². The minimum atomic E-state index is -0.926. The van der Waals surface area contributed by atoms with Gasteiger partial charge in [0.15, 0.2) is 6.10 Å². The maximum atomic E-state index is 11.4. The molecule has 0 radical (unpaired) electrons. The van der Waals surface area contributed by atoms with Crippen LogP contribution in [0, 0.1) is 0 Å². The van der Waals surface area contributed by atoms with Gasteiger partial charge < -0.3 is 14.3 Å². The van der Waals surface area contributed by atoms with E-state index >= 15 is 0 Å². The Bertz CT molecular complexity index is 850. The second kappa shape index (κ2) is 7.88. The van der Waals surface area contributed by atoms with E-state index in [1.165, 1.54) is 0 Å². The van der Waals surface area contributed by atoms with E-state index in [0.29, 0.717) is 12.2 Å². The van der Waals surface area contributed by atoms with Gasteiger partial charge in [-0.3, -0.25) is 0 Å². The Morgan fingerprint density at radius 1 is 1.16 bits per heavy atom. The maximum Gasteiger partial charge on any atom is 0.344 e. The van der Waals surface area contributed by atoms with Crippen LogP contribution in [0.4, 0.5) is 0 Å². The predicted molar refractivity (Wildman–Crippen MR) is 97.8 cm³/mol. The number of benzene rings is 2. The van der Waals surface area contributed by atoms with E-state index in [1.54, 1.807) is 12.3 Å². The molecule has 0 aliphatic heterocycles. The predicted octanol–water partition coefficient (Wildman–Crippen LogP) is 5.51. The van der Waals surface area contributed by atoms with Crippen molar-refractivity contribution in [3.05, 3.63) is 54.8 Å². The topological polar surface area (TPSA) is 59.7 Å². The lowest BCUT2D eigenvalue weighted by Crippen LogP contribution is -2.26. The van der Waals surface area contributed by atoms with Gasteiger partial charge in [-0.25, -0.2) is 4.79 Å². The van der Waals surface area contributed by atoms with Crippen molar-refractivity contribution in [1.82, 2.24) is 0 Å². The molecule has 0 saturated carbocycles. The number of carbonyl (C=O) groups is 1. The molecule has 1 atom stereocenters. The Morgan fingerprint density at radius 3 is 2.80 bits per heavy atom. The summed E-state index contributed by atoms with van der Waals surface area (Å²) < 4.78 is 11.4. The number of furan rings is 1. The van der Waals surface area contributed by atoms with Gasteiger partial charge in [0.2, 0.25) is 0 Å². The summed E-state index contributed by atoms with van der Waals surface area (Å²) in [5.41, 5.74) is 0.872. The average Bonchev–Trinajstić information content (AvgIpc) is 3.05. The van der Waals surface area contributed by atoms with Crippen LogP contribution in [0.5, 0.6) is 5.75 Å². The molecule has 1 N–H and O–H groups in total. The number of carboxylic acid groups (broad SMARTS) is 1. The second-order valence-electron chi connectivity index (χ2n) is 6.12. The molecule has 0 fully saturated rings. The number of hydrogen-bond donors (Lipinski definition) is 1. The largest absolute Gasteiger partial charge is 0.479 e. The molecule has 0 bridgehead atoms. The van der Waals surface area contributed by atoms with Crippen molar-refractivity contribution in [3.8, 4) is 17.1 Å². The summed E-state index contributed by atoms with van der Waals surface area (Å²) >= 11 is 0. The monoisotopic (exact) mass is 338 g/mol. The van der Waals surface area contributed by atoms with Gasteiger partial charge in [0.25, 0.3) is 0 Å². The van der Waals surface area contributed by atoms with Crippen LogP contribution in [0.1, 0.15) is 32.6 Å². The zero-order valence-electron chi connectivity index (χ0n) is 14.3. The van der Waals surface area contributed by atoms with Gasteiger partial charge in [-0.05, 0) is 25.0 Å². The van der Waals surface area contributed by atoms with Gasteiger partial charge in [0.1, 0.15) is 11.5 Å². The minimum absolute atomic E-state index is 0.511. The Labute approximate surface area is 147 Å². The van der Waals surface area contributed by atoms with Gasteiger partial charge >= 0.3 is 5.97 Å². The standard InChI is InChI=1S/C21H22O4/c1-2-3-4-12-19(21(22)23)25-17-10-7-9-15(13-17)20-18-11-6-5-8-16(18)14-24-20/h5-11,13-14,19H,2-4,12H2,1H3,(H,22,23). The molecule has 1 unspecified atom stereocenters. The van der Waals surface area contributed by atoms with E-state index in [9.17, 15) is 9.90 Å². The van der Waals surface area contributed by atoms with Crippen molar-refractivity contribution < 1.29 is 19.1 Å². The first kappa shape index (κ1) is 17.1. The van der Waals surface area contributed by atoms with Crippen LogP contribution in [0.15, 0.2) is 59.2 Å². The molecule has 0 saturated heterocycles. The number of rotatable bonds is 8. The molecule has 4 nitrogen and oxygen atoms in total. The lowest BCUT2D eigenvalue weighted by atomic mass is 10.1. The molecular weight excluding hydrogens is 316 g/mol. The van der Waals surface area contributed by atoms with Crippen molar-refractivity contribution in [3.63, 3.8) is 0 Å². The first-order chi connectivity index (χ1) is 12.2. The van der Waals surface area contributed by atoms with Crippen LogP contribution in [0.25, 0.3) is 22.1 Å². The average molecular weight is 338 g/mol. The summed E-state index contributed by atoms with van der Waals surface area (Å²) in [5.74, 6) is 0.380. The molecule has 2 aromatic carbocycles. The molecular formula is C21H22O4. The van der Waals surface area contributed by atoms with Crippen molar-refractivity contribution in [1.29, 1.82) is 0 Å². The molecule has 0 amide bonds. The van der Waals surface area contributed by atoms with Crippen LogP contribution in [0.2, 0.25) is 0 Å². The van der Waals surface area contributed by atoms with Crippen LogP contribution < -0.4 is 4.74 Å². The Balaban J connectivity index is 1.82. The Hall–Kier alpha value is -2.75.